The van der Waals surface area contributed by atoms with E-state index in [9.17, 15) is 13.2 Å². The summed E-state index contributed by atoms with van der Waals surface area (Å²) >= 11 is 0. The normalized spacial score (nSPS) is 11.4. The standard InChI is InChI=1S/C26H19N3O4S/c1-33-26(30)23-14-8-13-22(28-23)20-15-19-16-24(18-9-4-2-5-10-18)29(25(19)27-17-20)34(31,32)21-11-6-3-7-12-21/h2-17H,1H3. The SMILES string of the molecule is COC(=O)c1cccc(-c2cnc3c(c2)cc(-c2ccccc2)n3S(=O)(=O)c2ccccc2)n1. The maximum absolute atomic E-state index is 13.7. The molecule has 2 aromatic carbocycles. The van der Waals surface area contributed by atoms with Crippen molar-refractivity contribution in [1.29, 1.82) is 0 Å². The van der Waals surface area contributed by atoms with Crippen molar-refractivity contribution in [3.63, 3.8) is 0 Å². The average molecular weight is 470 g/mol. The molecule has 3 heterocycles. The summed E-state index contributed by atoms with van der Waals surface area (Å²) < 4.78 is 33.4. The number of esters is 1. The van der Waals surface area contributed by atoms with Crippen LogP contribution < -0.4 is 0 Å². The van der Waals surface area contributed by atoms with Crippen LogP contribution in [0.5, 0.6) is 0 Å². The Balaban J connectivity index is 1.73. The molecule has 0 spiro atoms. The van der Waals surface area contributed by atoms with Crippen LogP contribution in [0.25, 0.3) is 33.5 Å². The molecule has 3 aromatic heterocycles. The average Bonchev–Trinajstić information content (AvgIpc) is 3.29. The zero-order valence-electron chi connectivity index (χ0n) is 18.1. The van der Waals surface area contributed by atoms with Crippen molar-refractivity contribution in [3.05, 3.63) is 103 Å². The Morgan fingerprint density at radius 3 is 2.26 bits per heavy atom. The monoisotopic (exact) mass is 469 g/mol. The molecule has 0 unspecified atom stereocenters. The molecule has 0 N–H and O–H groups in total. The van der Waals surface area contributed by atoms with Crippen molar-refractivity contribution >= 4 is 27.0 Å². The minimum Gasteiger partial charge on any atom is -0.464 e. The first-order chi connectivity index (χ1) is 16.5. The Labute approximate surface area is 196 Å². The number of methoxy groups -OCH3 is 1. The molecule has 8 heteroatoms. The molecule has 5 aromatic rings. The molecule has 5 rings (SSSR count). The second-order valence-electron chi connectivity index (χ2n) is 7.51. The van der Waals surface area contributed by atoms with Gasteiger partial charge in [-0.05, 0) is 42.0 Å². The number of pyridine rings is 2. The van der Waals surface area contributed by atoms with Crippen LogP contribution in [0.15, 0.2) is 102 Å². The van der Waals surface area contributed by atoms with Crippen LogP contribution in [0.4, 0.5) is 0 Å². The molecule has 0 bridgehead atoms. The summed E-state index contributed by atoms with van der Waals surface area (Å²) in [5.41, 5.74) is 2.89. The maximum atomic E-state index is 13.7. The molecule has 168 valence electrons. The largest absolute Gasteiger partial charge is 0.464 e. The Morgan fingerprint density at radius 2 is 1.56 bits per heavy atom. The third kappa shape index (κ3) is 3.74. The van der Waals surface area contributed by atoms with E-state index < -0.39 is 16.0 Å². The molecular weight excluding hydrogens is 450 g/mol. The van der Waals surface area contributed by atoms with Gasteiger partial charge in [0.25, 0.3) is 10.0 Å². The Hall–Kier alpha value is -4.30. The summed E-state index contributed by atoms with van der Waals surface area (Å²) in [5, 5.41) is 0.626. The fraction of sp³-hybridized carbons (Fsp3) is 0.0385. The molecule has 0 saturated carbocycles. The van der Waals surface area contributed by atoms with Gasteiger partial charge in [0.2, 0.25) is 0 Å². The van der Waals surface area contributed by atoms with Crippen LogP contribution in [0.2, 0.25) is 0 Å². The zero-order chi connectivity index (χ0) is 23.7. The number of nitrogens with zero attached hydrogens (tertiary/aromatic N) is 3. The predicted octanol–water partition coefficient (Wildman–Crippen LogP) is 4.79. The van der Waals surface area contributed by atoms with Crippen molar-refractivity contribution in [3.8, 4) is 22.5 Å². The summed E-state index contributed by atoms with van der Waals surface area (Å²) in [6.45, 7) is 0. The first kappa shape index (κ1) is 21.5. The molecule has 0 amide bonds. The van der Waals surface area contributed by atoms with Gasteiger partial charge < -0.3 is 4.74 Å². The quantitative estimate of drug-likeness (QED) is 0.344. The van der Waals surface area contributed by atoms with Crippen molar-refractivity contribution in [2.45, 2.75) is 4.90 Å². The zero-order valence-corrected chi connectivity index (χ0v) is 18.9. The summed E-state index contributed by atoms with van der Waals surface area (Å²) in [6.07, 6.45) is 1.55. The molecule has 7 nitrogen and oxygen atoms in total. The van der Waals surface area contributed by atoms with Crippen LogP contribution in [0, 0.1) is 0 Å². The summed E-state index contributed by atoms with van der Waals surface area (Å²) in [7, 11) is -2.63. The maximum Gasteiger partial charge on any atom is 0.356 e. The lowest BCUT2D eigenvalue weighted by Crippen LogP contribution is -2.14. The van der Waals surface area contributed by atoms with Gasteiger partial charge in [0, 0.05) is 17.1 Å². The van der Waals surface area contributed by atoms with E-state index in [1.54, 1.807) is 60.8 Å². The number of aromatic nitrogens is 3. The first-order valence-electron chi connectivity index (χ1n) is 10.4. The molecule has 0 atom stereocenters. The predicted molar refractivity (Wildman–Crippen MR) is 129 cm³/mol. The summed E-state index contributed by atoms with van der Waals surface area (Å²) in [6, 6.07) is 26.2. The lowest BCUT2D eigenvalue weighted by Gasteiger charge is -2.12. The fourth-order valence-electron chi connectivity index (χ4n) is 3.77. The highest BCUT2D eigenvalue weighted by Crippen LogP contribution is 2.33. The van der Waals surface area contributed by atoms with E-state index in [1.165, 1.54) is 11.1 Å². The van der Waals surface area contributed by atoms with Crippen molar-refractivity contribution in [1.82, 2.24) is 13.9 Å². The van der Waals surface area contributed by atoms with E-state index in [-0.39, 0.29) is 10.6 Å². The van der Waals surface area contributed by atoms with Crippen LogP contribution in [0.1, 0.15) is 10.5 Å². The van der Waals surface area contributed by atoms with Gasteiger partial charge in [-0.3, -0.25) is 0 Å². The second-order valence-corrected chi connectivity index (χ2v) is 9.30. The number of ether oxygens (including phenoxy) is 1. The van der Waals surface area contributed by atoms with E-state index in [4.69, 9.17) is 4.74 Å². The van der Waals surface area contributed by atoms with Crippen molar-refractivity contribution in [2.24, 2.45) is 0 Å². The van der Waals surface area contributed by atoms with Gasteiger partial charge in [-0.1, -0.05) is 54.6 Å². The minimum atomic E-state index is -3.92. The minimum absolute atomic E-state index is 0.169. The summed E-state index contributed by atoms with van der Waals surface area (Å²) in [5.74, 6) is -0.539. The molecule has 0 aliphatic rings. The van der Waals surface area contributed by atoms with E-state index in [2.05, 4.69) is 9.97 Å². The van der Waals surface area contributed by atoms with E-state index in [0.29, 0.717) is 28.0 Å². The highest BCUT2D eigenvalue weighted by Gasteiger charge is 2.25. The molecule has 34 heavy (non-hydrogen) atoms. The second kappa shape index (κ2) is 8.57. The lowest BCUT2D eigenvalue weighted by atomic mass is 10.1. The molecular formula is C26H19N3O4S. The van der Waals surface area contributed by atoms with Gasteiger partial charge in [-0.25, -0.2) is 27.2 Å². The van der Waals surface area contributed by atoms with Crippen LogP contribution in [-0.2, 0) is 14.8 Å². The molecule has 0 aliphatic carbocycles. The Kier molecular flexibility index (Phi) is 5.43. The van der Waals surface area contributed by atoms with E-state index in [1.807, 2.05) is 36.4 Å². The third-order valence-corrected chi connectivity index (χ3v) is 7.11. The number of carbonyl (C=O) groups excluding carboxylic acids is 1. The molecule has 0 fully saturated rings. The number of rotatable bonds is 5. The molecule has 0 saturated heterocycles. The number of benzene rings is 2. The number of hydrogen-bond acceptors (Lipinski definition) is 6. The summed E-state index contributed by atoms with van der Waals surface area (Å²) in [4.78, 5) is 20.9. The van der Waals surface area contributed by atoms with Crippen LogP contribution >= 0.6 is 0 Å². The van der Waals surface area contributed by atoms with Gasteiger partial charge in [-0.2, -0.15) is 0 Å². The van der Waals surface area contributed by atoms with Gasteiger partial charge in [0.1, 0.15) is 5.69 Å². The topological polar surface area (TPSA) is 91.1 Å². The third-order valence-electron chi connectivity index (χ3n) is 5.39. The highest BCUT2D eigenvalue weighted by atomic mass is 32.2. The highest BCUT2D eigenvalue weighted by molar-refractivity contribution is 7.90. The smallest absolute Gasteiger partial charge is 0.356 e. The number of hydrogen-bond donors (Lipinski definition) is 0. The number of fused-ring (bicyclic) bond motifs is 1. The Bertz CT molecular complexity index is 1610. The van der Waals surface area contributed by atoms with Gasteiger partial charge in [0.15, 0.2) is 5.65 Å². The van der Waals surface area contributed by atoms with Crippen molar-refractivity contribution in [2.75, 3.05) is 7.11 Å². The van der Waals surface area contributed by atoms with Crippen LogP contribution in [0.3, 0.4) is 0 Å². The van der Waals surface area contributed by atoms with Gasteiger partial charge >= 0.3 is 5.97 Å². The van der Waals surface area contributed by atoms with Gasteiger partial charge in [0.05, 0.1) is 23.4 Å². The van der Waals surface area contributed by atoms with Crippen LogP contribution in [-0.4, -0.2) is 35.4 Å². The number of carbonyl (C=O) groups is 1. The van der Waals surface area contributed by atoms with E-state index >= 15 is 0 Å². The first-order valence-corrected chi connectivity index (χ1v) is 11.9. The fourth-order valence-corrected chi connectivity index (χ4v) is 5.28. The van der Waals surface area contributed by atoms with Gasteiger partial charge in [-0.15, -0.1) is 0 Å². The Morgan fingerprint density at radius 1 is 0.853 bits per heavy atom. The molecule has 0 radical (unpaired) electrons. The van der Waals surface area contributed by atoms with E-state index in [0.717, 1.165) is 5.56 Å². The lowest BCUT2D eigenvalue weighted by molar-refractivity contribution is 0.0594. The van der Waals surface area contributed by atoms with Crippen molar-refractivity contribution < 1.29 is 17.9 Å². The molecule has 0 aliphatic heterocycles.